The first-order valence-electron chi connectivity index (χ1n) is 23.2. The Morgan fingerprint density at radius 3 is 2.24 bits per heavy atom. The number of alkyl halides is 3. The molecule has 2 aliphatic heterocycles. The van der Waals surface area contributed by atoms with Crippen LogP contribution in [0.4, 0.5) is 24.5 Å². The van der Waals surface area contributed by atoms with E-state index in [1.807, 2.05) is 57.5 Å². The predicted octanol–water partition coefficient (Wildman–Crippen LogP) is 8.71. The van der Waals surface area contributed by atoms with E-state index in [2.05, 4.69) is 10.3 Å². The summed E-state index contributed by atoms with van der Waals surface area (Å²) in [5.41, 5.74) is 1.72. The van der Waals surface area contributed by atoms with Gasteiger partial charge >= 0.3 is 6.18 Å². The Balaban J connectivity index is 0.864. The number of anilines is 2. The monoisotopic (exact) mass is 1020 g/mol. The highest BCUT2D eigenvalue weighted by molar-refractivity contribution is 7.81. The first kappa shape index (κ1) is 53.1. The van der Waals surface area contributed by atoms with Crippen LogP contribution < -0.4 is 24.6 Å². The number of Topliss-reactive ketones (excluding diaryl/α,β-unsaturated/α-hetero) is 1. The Kier molecular flexibility index (Phi) is 16.2. The summed E-state index contributed by atoms with van der Waals surface area (Å²) in [4.78, 5) is 64.5. The molecule has 0 spiro atoms. The molecule has 4 aromatic carbocycles. The van der Waals surface area contributed by atoms with Crippen molar-refractivity contribution in [1.82, 2.24) is 15.2 Å². The van der Waals surface area contributed by atoms with E-state index in [1.54, 1.807) is 84.7 Å². The number of ketones is 1. The second-order valence-electron chi connectivity index (χ2n) is 19.1. The van der Waals surface area contributed by atoms with Gasteiger partial charge in [0.1, 0.15) is 36.3 Å². The molecule has 14 nitrogen and oxygen atoms in total. The Hall–Kier alpha value is -6.72. The number of thiazole rings is 1. The van der Waals surface area contributed by atoms with Crippen LogP contribution in [0.15, 0.2) is 96.5 Å². The van der Waals surface area contributed by atoms with Crippen molar-refractivity contribution in [2.45, 2.75) is 90.7 Å². The van der Waals surface area contributed by atoms with Gasteiger partial charge in [0.05, 0.1) is 64.3 Å². The third-order valence-electron chi connectivity index (χ3n) is 12.5. The summed E-state index contributed by atoms with van der Waals surface area (Å²) in [7, 11) is 0. The summed E-state index contributed by atoms with van der Waals surface area (Å²) >= 11 is 7.20. The lowest BCUT2D eigenvalue weighted by Crippen LogP contribution is -2.56. The topological polar surface area (TPSA) is 175 Å². The number of β-amino-alcohol motifs (C(OH)–C–C–N with tert-alkyl or cyclic N) is 1. The van der Waals surface area contributed by atoms with Crippen LogP contribution in [-0.2, 0) is 31.7 Å². The first-order valence-corrected chi connectivity index (χ1v) is 24.5. The smallest absolute Gasteiger partial charge is 0.417 e. The number of aliphatic hydroxyl groups is 1. The summed E-state index contributed by atoms with van der Waals surface area (Å²) in [6.07, 6.45) is -4.91. The number of amides is 3. The fraction of sp³-hybridized carbons (Fsp3) is 0.377. The number of hydrogen-bond acceptors (Lipinski definition) is 12. The van der Waals surface area contributed by atoms with Gasteiger partial charge in [-0.1, -0.05) is 51.1 Å². The standard InChI is InChI=1S/C53H55F3N6O8S2/c1-32-45(72-31-58-32)34-13-10-33(11-14-34)12-21-44(64)43-28-39(63)30-60(43)48(66)46(51(2,3)4)59-47(65)35-8-7-9-41(26-35)70-25-23-68-22-24-69-40-19-17-37(18-20-40)62-50(71)61(49(67)52(62,5)6)38-16-15-36(29-57)42(27-38)53(54,55)56/h7-11,13-20,26-27,31,39,43,46,63H,12,21-25,28,30H2,1-6H3,(H,59,65)/t39-,43+,46-/m1/s1. The predicted molar refractivity (Wildman–Crippen MR) is 270 cm³/mol. The Labute approximate surface area is 425 Å². The van der Waals surface area contributed by atoms with E-state index in [1.165, 1.54) is 11.0 Å². The molecule has 72 heavy (non-hydrogen) atoms. The van der Waals surface area contributed by atoms with Gasteiger partial charge in [0.2, 0.25) is 5.91 Å². The number of carbonyl (C=O) groups excluding carboxylic acids is 4. The normalized spacial score (nSPS) is 17.2. The van der Waals surface area contributed by atoms with Gasteiger partial charge in [0.15, 0.2) is 10.9 Å². The number of ether oxygens (including phenoxy) is 3. The molecular weight excluding hydrogens is 970 g/mol. The fourth-order valence-electron chi connectivity index (χ4n) is 8.64. The van der Waals surface area contributed by atoms with Crippen LogP contribution in [0.2, 0.25) is 0 Å². The van der Waals surface area contributed by atoms with Crippen LogP contribution in [0.3, 0.4) is 0 Å². The Bertz CT molecular complexity index is 2860. The molecule has 0 aliphatic carbocycles. The van der Waals surface area contributed by atoms with Crippen molar-refractivity contribution < 1.29 is 51.7 Å². The van der Waals surface area contributed by atoms with E-state index in [4.69, 9.17) is 26.4 Å². The molecule has 0 saturated carbocycles. The summed E-state index contributed by atoms with van der Waals surface area (Å²) in [5, 5.41) is 22.7. The SMILES string of the molecule is Cc1ncsc1-c1ccc(CCC(=O)[C@@H]2C[C@@H](O)CN2C(=O)[C@@H](NC(=O)c2cccc(OCCOCCOc3ccc(N4C(=S)N(c5ccc(C#N)c(C(F)(F)F)c5)C(=O)C4(C)C)cc3)c2)C(C)(C)C)cc1. The third-order valence-corrected chi connectivity index (χ3v) is 13.8. The molecule has 3 amide bonds. The zero-order valence-electron chi connectivity index (χ0n) is 40.6. The van der Waals surface area contributed by atoms with E-state index in [0.29, 0.717) is 23.6 Å². The van der Waals surface area contributed by atoms with Crippen LogP contribution >= 0.6 is 23.6 Å². The van der Waals surface area contributed by atoms with Crippen LogP contribution in [0.25, 0.3) is 10.4 Å². The van der Waals surface area contributed by atoms with Gasteiger partial charge in [-0.3, -0.25) is 24.1 Å². The lowest BCUT2D eigenvalue weighted by molar-refractivity contribution is -0.141. The molecule has 0 radical (unpaired) electrons. The van der Waals surface area contributed by atoms with Gasteiger partial charge in [-0.15, -0.1) is 11.3 Å². The third kappa shape index (κ3) is 12.0. The number of nitrogens with zero attached hydrogens (tertiary/aromatic N) is 5. The van der Waals surface area contributed by atoms with Crippen LogP contribution in [0, 0.1) is 23.7 Å². The van der Waals surface area contributed by atoms with Gasteiger partial charge in [0.25, 0.3) is 11.8 Å². The van der Waals surface area contributed by atoms with Crippen molar-refractivity contribution in [2.75, 3.05) is 42.8 Å². The quantitative estimate of drug-likeness (QED) is 0.0632. The molecule has 7 rings (SSSR count). The zero-order chi connectivity index (χ0) is 52.1. The maximum absolute atomic E-state index is 14.2. The maximum Gasteiger partial charge on any atom is 0.417 e. The molecule has 2 saturated heterocycles. The van der Waals surface area contributed by atoms with Gasteiger partial charge in [-0.05, 0) is 117 Å². The number of benzene rings is 4. The minimum Gasteiger partial charge on any atom is -0.491 e. The largest absolute Gasteiger partial charge is 0.491 e. The highest BCUT2D eigenvalue weighted by atomic mass is 32.1. The molecule has 1 aromatic heterocycles. The molecule has 3 atom stereocenters. The van der Waals surface area contributed by atoms with Crippen molar-refractivity contribution >= 4 is 63.5 Å². The number of nitrogens with one attached hydrogen (secondary N) is 1. The second-order valence-corrected chi connectivity index (χ2v) is 20.3. The highest BCUT2D eigenvalue weighted by Gasteiger charge is 2.51. The summed E-state index contributed by atoms with van der Waals surface area (Å²) < 4.78 is 58.6. The van der Waals surface area contributed by atoms with Gasteiger partial charge in [-0.25, -0.2) is 4.98 Å². The molecule has 2 N–H and O–H groups in total. The minimum atomic E-state index is -4.82. The molecule has 19 heteroatoms. The van der Waals surface area contributed by atoms with Crippen LogP contribution in [0.5, 0.6) is 11.5 Å². The lowest BCUT2D eigenvalue weighted by Gasteiger charge is -2.35. The number of aromatic nitrogens is 1. The molecular formula is C53H55F3N6O8S2. The average molecular weight is 1030 g/mol. The number of thiocarbonyl (C=S) groups is 1. The first-order chi connectivity index (χ1) is 34.1. The number of likely N-dealkylation sites (tertiary alicyclic amines) is 1. The molecule has 2 fully saturated rings. The van der Waals surface area contributed by atoms with Crippen LogP contribution in [0.1, 0.15) is 80.2 Å². The number of halogens is 3. The van der Waals surface area contributed by atoms with Crippen molar-refractivity contribution in [2.24, 2.45) is 5.41 Å². The van der Waals surface area contributed by atoms with E-state index in [9.17, 15) is 42.7 Å². The van der Waals surface area contributed by atoms with Gasteiger partial charge in [-0.2, -0.15) is 18.4 Å². The van der Waals surface area contributed by atoms with Crippen molar-refractivity contribution in [1.29, 1.82) is 5.26 Å². The van der Waals surface area contributed by atoms with Crippen LogP contribution in [-0.4, -0.2) is 100 Å². The maximum atomic E-state index is 14.2. The number of hydrogen-bond donors (Lipinski definition) is 2. The molecule has 3 heterocycles. The van der Waals surface area contributed by atoms with Gasteiger partial charge in [0, 0.05) is 30.6 Å². The number of nitriles is 1. The molecule has 378 valence electrons. The number of aryl methyl sites for hydroxylation is 2. The van der Waals surface area contributed by atoms with Gasteiger partial charge < -0.3 is 34.4 Å². The zero-order valence-corrected chi connectivity index (χ0v) is 42.3. The molecule has 5 aromatic rings. The molecule has 0 unspecified atom stereocenters. The number of rotatable bonds is 18. The second kappa shape index (κ2) is 22.0. The number of aliphatic hydroxyl groups excluding tert-OH is 1. The van der Waals surface area contributed by atoms with E-state index >= 15 is 0 Å². The fourth-order valence-corrected chi connectivity index (χ4v) is 9.98. The molecule has 0 bridgehead atoms. The lowest BCUT2D eigenvalue weighted by atomic mass is 9.85. The average Bonchev–Trinajstić information content (AvgIpc) is 4.01. The van der Waals surface area contributed by atoms with Crippen molar-refractivity contribution in [3.05, 3.63) is 124 Å². The minimum absolute atomic E-state index is 0.0191. The summed E-state index contributed by atoms with van der Waals surface area (Å²) in [5.74, 6) is -0.767. The van der Waals surface area contributed by atoms with E-state index < -0.39 is 64.2 Å². The summed E-state index contributed by atoms with van der Waals surface area (Å²) in [6, 6.07) is 23.9. The summed E-state index contributed by atoms with van der Waals surface area (Å²) in [6.45, 7) is 11.4. The van der Waals surface area contributed by atoms with Crippen molar-refractivity contribution in [3.8, 4) is 28.0 Å². The molecule has 2 aliphatic rings. The Morgan fingerprint density at radius 2 is 1.61 bits per heavy atom. The Morgan fingerprint density at radius 1 is 0.944 bits per heavy atom. The van der Waals surface area contributed by atoms with E-state index in [-0.39, 0.29) is 68.0 Å². The van der Waals surface area contributed by atoms with E-state index in [0.717, 1.165) is 38.7 Å². The number of carbonyl (C=O) groups is 4. The van der Waals surface area contributed by atoms with Crippen molar-refractivity contribution in [3.63, 3.8) is 0 Å². The highest BCUT2D eigenvalue weighted by Crippen LogP contribution is 2.40.